The van der Waals surface area contributed by atoms with Crippen LogP contribution in [-0.2, 0) is 22.3 Å². The number of nitrogens with zero attached hydrogens (tertiary/aromatic N) is 2. The van der Waals surface area contributed by atoms with Crippen LogP contribution in [0.2, 0.25) is 0 Å². The number of nitrogens with one attached hydrogen (secondary N) is 2. The lowest BCUT2D eigenvalue weighted by atomic mass is 9.72. The third-order valence-electron chi connectivity index (χ3n) is 12.1. The smallest absolute Gasteiger partial charge is 0.376 e. The van der Waals surface area contributed by atoms with E-state index in [4.69, 9.17) is 9.47 Å². The summed E-state index contributed by atoms with van der Waals surface area (Å²) in [7, 11) is 0. The van der Waals surface area contributed by atoms with Gasteiger partial charge in [0.25, 0.3) is 0 Å². The summed E-state index contributed by atoms with van der Waals surface area (Å²) in [5.74, 6) is -0.619. The molecule has 1 aromatic heterocycles. The fraction of sp³-hybridized carbons (Fsp3) is 0.633. The van der Waals surface area contributed by atoms with E-state index >= 15 is 0 Å². The molecule has 0 amide bonds. The van der Waals surface area contributed by atoms with Crippen molar-refractivity contribution in [3.63, 3.8) is 0 Å². The third kappa shape index (κ3) is 13.7. The van der Waals surface area contributed by atoms with Gasteiger partial charge in [-0.2, -0.15) is 0 Å². The van der Waals surface area contributed by atoms with Gasteiger partial charge in [-0.15, -0.1) is 0 Å². The summed E-state index contributed by atoms with van der Waals surface area (Å²) in [6.07, 6.45) is 20.9. The topological polar surface area (TPSA) is 102 Å². The number of carbonyl (C=O) groups is 2. The number of carbonyl (C=O) groups excluding carboxylic acids is 2. The van der Waals surface area contributed by atoms with Gasteiger partial charge in [0.15, 0.2) is 0 Å². The van der Waals surface area contributed by atoms with Crippen molar-refractivity contribution in [3.8, 4) is 11.1 Å². The quantitative estimate of drug-likeness (QED) is 0.0916. The first-order valence-corrected chi connectivity index (χ1v) is 22.1. The summed E-state index contributed by atoms with van der Waals surface area (Å²) in [4.78, 5) is 35.4. The Kier molecular flexibility index (Phi) is 15.5. The summed E-state index contributed by atoms with van der Waals surface area (Å²) in [6, 6.07) is 16.7. The molecule has 57 heavy (non-hydrogen) atoms. The van der Waals surface area contributed by atoms with Crippen molar-refractivity contribution in [1.82, 2.24) is 20.6 Å². The molecule has 0 aliphatic carbocycles. The first-order valence-electron chi connectivity index (χ1n) is 22.1. The molecule has 8 heteroatoms. The van der Waals surface area contributed by atoms with Gasteiger partial charge in [0.1, 0.15) is 12.2 Å². The normalized spacial score (nSPS) is 24.1. The number of aromatic nitrogens is 2. The third-order valence-corrected chi connectivity index (χ3v) is 12.1. The lowest BCUT2D eigenvalue weighted by Gasteiger charge is -2.51. The fourth-order valence-corrected chi connectivity index (χ4v) is 9.54. The lowest BCUT2D eigenvalue weighted by molar-refractivity contribution is -0.0241. The fourth-order valence-electron chi connectivity index (χ4n) is 9.54. The minimum Gasteiger partial charge on any atom is -0.459 e. The zero-order valence-corrected chi connectivity index (χ0v) is 36.5. The molecule has 0 saturated carbocycles. The van der Waals surface area contributed by atoms with Crippen LogP contribution in [0, 0.1) is 0 Å². The van der Waals surface area contributed by atoms with Gasteiger partial charge in [-0.05, 0) is 114 Å². The number of ether oxygens (including phenoxy) is 2. The highest BCUT2D eigenvalue weighted by molar-refractivity contribution is 5.90. The molecule has 2 fully saturated rings. The van der Waals surface area contributed by atoms with Crippen molar-refractivity contribution in [2.24, 2.45) is 0 Å². The molecule has 4 atom stereocenters. The second-order valence-electron chi connectivity index (χ2n) is 19.2. The Hall–Kier alpha value is -3.62. The van der Waals surface area contributed by atoms with Crippen LogP contribution in [0.15, 0.2) is 60.9 Å². The van der Waals surface area contributed by atoms with Crippen LogP contribution in [-0.4, -0.2) is 56.3 Å². The van der Waals surface area contributed by atoms with Crippen LogP contribution in [0.4, 0.5) is 0 Å². The predicted octanol–water partition coefficient (Wildman–Crippen LogP) is 11.2. The highest BCUT2D eigenvalue weighted by Gasteiger charge is 2.46. The van der Waals surface area contributed by atoms with E-state index in [1.165, 1.54) is 50.5 Å². The molecule has 2 aromatic carbocycles. The van der Waals surface area contributed by atoms with Crippen LogP contribution in [0.1, 0.15) is 184 Å². The number of aryl methyl sites for hydroxylation is 2. The van der Waals surface area contributed by atoms with Crippen LogP contribution in [0.3, 0.4) is 0 Å². The summed E-state index contributed by atoms with van der Waals surface area (Å²) < 4.78 is 12.3. The SMILES string of the molecule is CCCCCCCCc1ccc(-c2ccc(C(=O)OC3CC(C)(C)NC(C)(CCC4(C)CC(OC(=O)c5ncc(CCCCC)cn5)CC(C)(C)N4)C3)cc2)cc1. The van der Waals surface area contributed by atoms with Crippen LogP contribution < -0.4 is 10.6 Å². The lowest BCUT2D eigenvalue weighted by Crippen LogP contribution is -2.64. The second kappa shape index (κ2) is 19.9. The van der Waals surface area contributed by atoms with E-state index in [-0.39, 0.29) is 46.2 Å². The summed E-state index contributed by atoms with van der Waals surface area (Å²) in [6.45, 7) is 17.7. The first-order chi connectivity index (χ1) is 27.1. The molecular formula is C49H72N4O4. The van der Waals surface area contributed by atoms with E-state index in [0.717, 1.165) is 68.1 Å². The molecule has 2 saturated heterocycles. The highest BCUT2D eigenvalue weighted by Crippen LogP contribution is 2.39. The van der Waals surface area contributed by atoms with Crippen molar-refractivity contribution in [2.45, 2.75) is 199 Å². The number of rotatable bonds is 19. The van der Waals surface area contributed by atoms with Crippen LogP contribution in [0.25, 0.3) is 11.1 Å². The maximum Gasteiger partial charge on any atom is 0.376 e. The Morgan fingerprint density at radius 1 is 0.579 bits per heavy atom. The van der Waals surface area contributed by atoms with Crippen molar-refractivity contribution in [3.05, 3.63) is 83.4 Å². The molecule has 2 aliphatic rings. The van der Waals surface area contributed by atoms with Crippen LogP contribution >= 0.6 is 0 Å². The molecule has 0 spiro atoms. The number of benzene rings is 2. The highest BCUT2D eigenvalue weighted by atomic mass is 16.5. The van der Waals surface area contributed by atoms with E-state index in [2.05, 4.69) is 100 Å². The Bertz CT molecular complexity index is 1720. The molecule has 2 N–H and O–H groups in total. The van der Waals surface area contributed by atoms with Gasteiger partial charge < -0.3 is 20.1 Å². The van der Waals surface area contributed by atoms with Gasteiger partial charge in [-0.3, -0.25) is 0 Å². The molecule has 8 nitrogen and oxygen atoms in total. The van der Waals surface area contributed by atoms with E-state index in [1.54, 1.807) is 12.4 Å². The molecule has 3 aromatic rings. The van der Waals surface area contributed by atoms with Crippen LogP contribution in [0.5, 0.6) is 0 Å². The maximum absolute atomic E-state index is 13.5. The summed E-state index contributed by atoms with van der Waals surface area (Å²) in [5, 5.41) is 7.79. The predicted molar refractivity (Wildman–Crippen MR) is 232 cm³/mol. The Balaban J connectivity index is 1.14. The number of hydrogen-bond acceptors (Lipinski definition) is 8. The van der Waals surface area contributed by atoms with E-state index in [9.17, 15) is 9.59 Å². The standard InChI is InChI=1S/C49H72N4O4/c1-9-11-13-14-15-17-18-36-20-22-38(23-21-36)39-24-26-40(27-25-39)44(54)56-41-30-46(3,4)52-48(7,32-41)28-29-49(8)33-42(31-47(5,6)53-49)57-45(55)43-50-34-37(35-51-43)19-16-12-10-2/h20-27,34-35,41-42,52-53H,9-19,28-33H2,1-8H3. The molecule has 0 bridgehead atoms. The maximum atomic E-state index is 13.5. The summed E-state index contributed by atoms with van der Waals surface area (Å²) >= 11 is 0. The number of unbranched alkanes of at least 4 members (excludes halogenated alkanes) is 7. The number of esters is 2. The largest absolute Gasteiger partial charge is 0.459 e. The number of piperidine rings is 2. The minimum atomic E-state index is -0.463. The molecule has 5 rings (SSSR count). The van der Waals surface area contributed by atoms with Crippen molar-refractivity contribution in [1.29, 1.82) is 0 Å². The van der Waals surface area contributed by atoms with Gasteiger partial charge in [0, 0.05) is 60.2 Å². The Labute approximate surface area is 344 Å². The molecule has 312 valence electrons. The van der Waals surface area contributed by atoms with Crippen molar-refractivity contribution >= 4 is 11.9 Å². The first kappa shape index (κ1) is 44.5. The average Bonchev–Trinajstić information content (AvgIpc) is 3.14. The molecule has 4 unspecified atom stereocenters. The molecular weight excluding hydrogens is 709 g/mol. The van der Waals surface area contributed by atoms with Gasteiger partial charge in [-0.1, -0.05) is 95.2 Å². The van der Waals surface area contributed by atoms with Gasteiger partial charge in [0.2, 0.25) is 5.82 Å². The van der Waals surface area contributed by atoms with Gasteiger partial charge in [-0.25, -0.2) is 19.6 Å². The average molecular weight is 781 g/mol. The van der Waals surface area contributed by atoms with Crippen molar-refractivity contribution < 1.29 is 19.1 Å². The van der Waals surface area contributed by atoms with E-state index < -0.39 is 5.97 Å². The molecule has 3 heterocycles. The second-order valence-corrected chi connectivity index (χ2v) is 19.2. The molecule has 2 aliphatic heterocycles. The van der Waals surface area contributed by atoms with Crippen molar-refractivity contribution in [2.75, 3.05) is 0 Å². The van der Waals surface area contributed by atoms with Gasteiger partial charge in [0.05, 0.1) is 5.56 Å². The summed E-state index contributed by atoms with van der Waals surface area (Å²) in [5.41, 5.74) is 4.28. The van der Waals surface area contributed by atoms with Gasteiger partial charge >= 0.3 is 11.9 Å². The Morgan fingerprint density at radius 3 is 1.56 bits per heavy atom. The number of hydrogen-bond donors (Lipinski definition) is 2. The minimum absolute atomic E-state index is 0.119. The van der Waals surface area contributed by atoms with E-state index in [1.807, 2.05) is 24.3 Å². The molecule has 0 radical (unpaired) electrons. The monoisotopic (exact) mass is 781 g/mol. The zero-order valence-electron chi connectivity index (χ0n) is 36.5. The van der Waals surface area contributed by atoms with E-state index in [0.29, 0.717) is 18.4 Å². The zero-order chi connectivity index (χ0) is 41.1. The Morgan fingerprint density at radius 2 is 1.02 bits per heavy atom.